The molecule has 75 heavy (non-hydrogen) atoms. The van der Waals surface area contributed by atoms with Gasteiger partial charge in [-0.1, -0.05) is 26.8 Å². The van der Waals surface area contributed by atoms with Gasteiger partial charge < -0.3 is 37.8 Å². The maximum atomic E-state index is 12.4. The van der Waals surface area contributed by atoms with E-state index < -0.39 is 59.3 Å². The van der Waals surface area contributed by atoms with Crippen LogP contribution in [0, 0.1) is 0 Å². The highest BCUT2D eigenvalue weighted by Crippen LogP contribution is 2.51. The first-order chi connectivity index (χ1) is 35.3. The van der Waals surface area contributed by atoms with Gasteiger partial charge in [0.25, 0.3) is 42.2 Å². The number of ether oxygens (including phenoxy) is 5. The summed E-state index contributed by atoms with van der Waals surface area (Å²) in [6.45, 7) is 13.6. The molecule has 1 atom stereocenters. The number of hydrogen-bond acceptors (Lipinski definition) is 17. The van der Waals surface area contributed by atoms with Gasteiger partial charge in [-0.2, -0.15) is 25.3 Å². The van der Waals surface area contributed by atoms with E-state index in [9.17, 15) is 53.3 Å². The molecule has 3 heterocycles. The van der Waals surface area contributed by atoms with Crippen molar-refractivity contribution in [1.82, 2.24) is 9.64 Å². The Bertz CT molecular complexity index is 2890. The number of amides is 2. The summed E-state index contributed by atoms with van der Waals surface area (Å²) in [4.78, 5) is 41.3. The van der Waals surface area contributed by atoms with Gasteiger partial charge in [-0.05, 0) is 85.7 Å². The standard InChI is InChI=1S/C50H69N3O19S3/c1-6-51(20-9-33-74(60,61)62)37-12-14-40-41(49(2,3)4)35-38(71-44(40)34-37)10-7-11-45-50(5,19-8-32-73(57,58)59)42-36-39(75(63,64)65)13-15-43(42)52(45)21-23-67-25-27-69-29-31-70-30-28-68-26-24-66-22-18-48(56)72-53-46(54)16-17-47(53)55/h7,10-15,34-36H,6,8-9,16-33H2,1-5H3,(H2-,57,58,59,60,61,62,63,64,65)/p+1. The number of nitrogens with zero attached hydrogens (tertiary/aromatic N) is 3. The maximum absolute atomic E-state index is 12.4. The lowest BCUT2D eigenvalue weighted by Crippen LogP contribution is -2.32. The molecular formula is C50H70N3O19S3+. The van der Waals surface area contributed by atoms with Crippen LogP contribution >= 0.6 is 0 Å². The molecule has 416 valence electrons. The molecule has 3 N–H and O–H groups in total. The summed E-state index contributed by atoms with van der Waals surface area (Å²) in [6.07, 6.45) is 5.68. The molecule has 0 bridgehead atoms. The third-order valence-electron chi connectivity index (χ3n) is 12.4. The fourth-order valence-electron chi connectivity index (χ4n) is 8.64. The predicted molar refractivity (Wildman–Crippen MR) is 275 cm³/mol. The number of benzene rings is 2. The van der Waals surface area contributed by atoms with E-state index >= 15 is 0 Å². The fraction of sp³-hybridized carbons (Fsp3) is 0.560. The van der Waals surface area contributed by atoms with Gasteiger partial charge in [-0.3, -0.25) is 23.2 Å². The van der Waals surface area contributed by atoms with Gasteiger partial charge in [0, 0.05) is 54.2 Å². The number of fused-ring (bicyclic) bond motifs is 2. The number of allylic oxidation sites excluding steroid dienone is 3. The van der Waals surface area contributed by atoms with Gasteiger partial charge in [0.1, 0.15) is 24.6 Å². The summed E-state index contributed by atoms with van der Waals surface area (Å²) in [7, 11) is -13.1. The van der Waals surface area contributed by atoms with Crippen molar-refractivity contribution in [2.75, 3.05) is 102 Å². The van der Waals surface area contributed by atoms with Gasteiger partial charge in [-0.15, -0.1) is 5.06 Å². The minimum absolute atomic E-state index is 0.0131. The largest absolute Gasteiger partial charge is 0.456 e. The quantitative estimate of drug-likeness (QED) is 0.0348. The molecular weight excluding hydrogens is 1040 g/mol. The van der Waals surface area contributed by atoms with Crippen LogP contribution in [0.15, 0.2) is 69.6 Å². The Morgan fingerprint density at radius 2 is 1.35 bits per heavy atom. The van der Waals surface area contributed by atoms with E-state index in [0.717, 1.165) is 16.5 Å². The highest BCUT2D eigenvalue weighted by atomic mass is 32.2. The molecule has 1 saturated heterocycles. The summed E-state index contributed by atoms with van der Waals surface area (Å²) in [5, 5.41) is 1.29. The topological polar surface area (TPSA) is 292 Å². The van der Waals surface area contributed by atoms with E-state index in [1.54, 1.807) is 18.2 Å². The normalized spacial score (nSPS) is 17.5. The van der Waals surface area contributed by atoms with Crippen molar-refractivity contribution >= 4 is 59.9 Å². The van der Waals surface area contributed by atoms with Crippen molar-refractivity contribution in [2.45, 2.75) is 88.9 Å². The Morgan fingerprint density at radius 1 is 0.773 bits per heavy atom. The van der Waals surface area contributed by atoms with Gasteiger partial charge in [0.15, 0.2) is 0 Å². The number of rotatable bonds is 31. The smallest absolute Gasteiger partial charge is 0.335 e. The van der Waals surface area contributed by atoms with Gasteiger partial charge in [-0.25, -0.2) is 9.37 Å². The molecule has 3 aliphatic heterocycles. The second-order valence-electron chi connectivity index (χ2n) is 19.0. The van der Waals surface area contributed by atoms with Crippen LogP contribution in [0.25, 0.3) is 17.4 Å². The van der Waals surface area contributed by atoms with Crippen LogP contribution in [0.3, 0.4) is 0 Å². The average Bonchev–Trinajstić information content (AvgIpc) is 3.76. The molecule has 0 aromatic heterocycles. The first kappa shape index (κ1) is 60.9. The van der Waals surface area contributed by atoms with Crippen molar-refractivity contribution in [1.29, 1.82) is 0 Å². The van der Waals surface area contributed by atoms with Gasteiger partial charge >= 0.3 is 5.97 Å². The summed E-state index contributed by atoms with van der Waals surface area (Å²) in [5.41, 5.74) is 2.30. The van der Waals surface area contributed by atoms with E-state index in [0.29, 0.717) is 66.4 Å². The van der Waals surface area contributed by atoms with Crippen LogP contribution in [0.2, 0.25) is 0 Å². The predicted octanol–water partition coefficient (Wildman–Crippen LogP) is 4.42. The van der Waals surface area contributed by atoms with Crippen molar-refractivity contribution < 1.29 is 86.2 Å². The second-order valence-corrected chi connectivity index (χ2v) is 23.6. The summed E-state index contributed by atoms with van der Waals surface area (Å²) in [6, 6.07) is 12.0. The van der Waals surface area contributed by atoms with Crippen LogP contribution < -0.4 is 14.8 Å². The SMILES string of the molecule is CC[N+](CCCS(=O)(=O)O)=c1ccc2c(C(C)(C)C)cc(/C=C/C=C3/N(CCOCCOCCOCCOCCOCCC(=O)ON4C(=O)CCC4=O)c4ccc(S(=O)(=O)O)cc4C3(C)CCCS(=O)(=O)O)oc-2c1. The van der Waals surface area contributed by atoms with E-state index in [1.807, 2.05) is 53.7 Å². The molecule has 0 saturated carbocycles. The molecule has 1 fully saturated rings. The number of carbonyl (C=O) groups excluding carboxylic acids is 3. The van der Waals surface area contributed by atoms with Gasteiger partial charge in [0.2, 0.25) is 5.36 Å². The average molecular weight is 1110 g/mol. The third kappa shape index (κ3) is 18.7. The first-order valence-corrected chi connectivity index (χ1v) is 29.3. The van der Waals surface area contributed by atoms with Crippen molar-refractivity contribution in [2.24, 2.45) is 0 Å². The van der Waals surface area contributed by atoms with Crippen molar-refractivity contribution in [3.05, 3.63) is 82.6 Å². The molecule has 22 nitrogen and oxygen atoms in total. The van der Waals surface area contributed by atoms with Crippen molar-refractivity contribution in [3.63, 3.8) is 0 Å². The zero-order valence-electron chi connectivity index (χ0n) is 43.1. The molecule has 2 amide bonds. The third-order valence-corrected chi connectivity index (χ3v) is 14.8. The van der Waals surface area contributed by atoms with Gasteiger partial charge in [0.05, 0.1) is 95.0 Å². The summed E-state index contributed by atoms with van der Waals surface area (Å²) < 4.78 is 137. The number of imide groups is 1. The molecule has 25 heteroatoms. The molecule has 1 aromatic carbocycles. The molecule has 1 unspecified atom stereocenters. The number of hydrogen-bond donors (Lipinski definition) is 3. The fourth-order valence-corrected chi connectivity index (χ4v) is 10.1. The lowest BCUT2D eigenvalue weighted by molar-refractivity contribution is -0.198. The Kier molecular flexibility index (Phi) is 22.3. The number of carbonyl (C=O) groups is 3. The maximum Gasteiger partial charge on any atom is 0.335 e. The zero-order valence-corrected chi connectivity index (χ0v) is 45.5. The zero-order chi connectivity index (χ0) is 55.0. The van der Waals surface area contributed by atoms with E-state index in [4.69, 9.17) is 32.9 Å². The number of anilines is 1. The number of hydroxylamine groups is 2. The van der Waals surface area contributed by atoms with Crippen LogP contribution in [0.5, 0.6) is 0 Å². The Morgan fingerprint density at radius 3 is 1.91 bits per heavy atom. The van der Waals surface area contributed by atoms with Crippen molar-refractivity contribution in [3.8, 4) is 11.3 Å². The molecule has 1 aliphatic carbocycles. The second kappa shape index (κ2) is 27.4. The lowest BCUT2D eigenvalue weighted by atomic mass is 9.77. The Labute approximate surface area is 438 Å². The highest BCUT2D eigenvalue weighted by Gasteiger charge is 2.44. The monoisotopic (exact) mass is 1110 g/mol. The van der Waals surface area contributed by atoms with Crippen LogP contribution in [-0.2, 0) is 84.1 Å². The molecule has 4 aliphatic rings. The van der Waals surface area contributed by atoms with E-state index in [1.165, 1.54) is 12.1 Å². The first-order valence-electron chi connectivity index (χ1n) is 24.6. The minimum Gasteiger partial charge on any atom is -0.456 e. The van der Waals surface area contributed by atoms with E-state index in [2.05, 4.69) is 20.8 Å². The Balaban J connectivity index is 1.22. The Hall–Kier alpha value is -4.93. The minimum atomic E-state index is -4.64. The molecule has 5 rings (SSSR count). The van der Waals surface area contributed by atoms with Crippen LogP contribution in [0.4, 0.5) is 5.69 Å². The molecule has 0 spiro atoms. The van der Waals surface area contributed by atoms with E-state index in [-0.39, 0.29) is 107 Å². The van der Waals surface area contributed by atoms with Crippen LogP contribution in [0.1, 0.15) is 90.0 Å². The highest BCUT2D eigenvalue weighted by molar-refractivity contribution is 7.86. The molecule has 1 aromatic rings. The lowest BCUT2D eigenvalue weighted by Gasteiger charge is -2.30. The summed E-state index contributed by atoms with van der Waals surface area (Å²) in [5.74, 6) is -1.68. The molecule has 0 radical (unpaired) electrons. The van der Waals surface area contributed by atoms with Crippen LogP contribution in [-0.4, -0.2) is 159 Å². The summed E-state index contributed by atoms with van der Waals surface area (Å²) >= 11 is 0.